The summed E-state index contributed by atoms with van der Waals surface area (Å²) >= 11 is 4.70. The van der Waals surface area contributed by atoms with Crippen molar-refractivity contribution in [1.82, 2.24) is 20.9 Å². The number of hydrogen-bond donors (Lipinski definition) is 3. The Morgan fingerprint density at radius 1 is 1.12 bits per heavy atom. The molecule has 6 nitrogen and oxygen atoms in total. The van der Waals surface area contributed by atoms with E-state index in [9.17, 15) is 9.59 Å². The molecule has 2 rings (SSSR count). The minimum atomic E-state index is -0.438. The number of carbonyl (C=O) groups is 2. The number of hydrogen-bond acceptors (Lipinski definition) is 5. The summed E-state index contributed by atoms with van der Waals surface area (Å²) < 4.78 is 0. The highest BCUT2D eigenvalue weighted by Crippen LogP contribution is 2.04. The maximum atomic E-state index is 11.5. The van der Waals surface area contributed by atoms with Crippen LogP contribution in [0.15, 0.2) is 11.8 Å². The van der Waals surface area contributed by atoms with Gasteiger partial charge in [-0.05, 0) is 12.2 Å². The average molecular weight is 240 g/mol. The van der Waals surface area contributed by atoms with Crippen molar-refractivity contribution in [2.24, 2.45) is 0 Å². The van der Waals surface area contributed by atoms with E-state index in [0.717, 1.165) is 26.2 Å². The number of piperazine rings is 1. The predicted molar refractivity (Wildman–Crippen MR) is 61.4 cm³/mol. The number of thiocarbonyl (C=S) groups is 1. The summed E-state index contributed by atoms with van der Waals surface area (Å²) in [5, 5.41) is 8.05. The summed E-state index contributed by atoms with van der Waals surface area (Å²) in [7, 11) is 0. The summed E-state index contributed by atoms with van der Waals surface area (Å²) in [6.07, 6.45) is 1.59. The van der Waals surface area contributed by atoms with Gasteiger partial charge >= 0.3 is 0 Å². The van der Waals surface area contributed by atoms with Crippen molar-refractivity contribution < 1.29 is 9.59 Å². The highest BCUT2D eigenvalue weighted by atomic mass is 32.1. The van der Waals surface area contributed by atoms with Gasteiger partial charge in [0.2, 0.25) is 0 Å². The van der Waals surface area contributed by atoms with Crippen LogP contribution in [-0.4, -0.2) is 48.0 Å². The van der Waals surface area contributed by atoms with Crippen molar-refractivity contribution in [3.63, 3.8) is 0 Å². The maximum absolute atomic E-state index is 11.5. The van der Waals surface area contributed by atoms with E-state index in [1.54, 1.807) is 6.20 Å². The van der Waals surface area contributed by atoms with Gasteiger partial charge < -0.3 is 10.2 Å². The smallest absolute Gasteiger partial charge is 0.264 e. The second-order valence-electron chi connectivity index (χ2n) is 3.57. The third kappa shape index (κ3) is 2.37. The minimum Gasteiger partial charge on any atom is -0.374 e. The van der Waals surface area contributed by atoms with Crippen LogP contribution in [-0.2, 0) is 9.59 Å². The molecular formula is C9H12N4O2S. The Morgan fingerprint density at radius 3 is 2.25 bits per heavy atom. The molecule has 7 heteroatoms. The van der Waals surface area contributed by atoms with Crippen molar-refractivity contribution >= 4 is 29.1 Å². The molecule has 0 aromatic carbocycles. The predicted octanol–water partition coefficient (Wildman–Crippen LogP) is -1.69. The molecule has 0 aliphatic carbocycles. The van der Waals surface area contributed by atoms with Crippen LogP contribution >= 0.6 is 12.2 Å². The van der Waals surface area contributed by atoms with Gasteiger partial charge in [0.1, 0.15) is 5.57 Å². The fraction of sp³-hybridized carbons (Fsp3) is 0.444. The molecule has 2 aliphatic heterocycles. The van der Waals surface area contributed by atoms with Crippen LogP contribution < -0.4 is 16.0 Å². The molecule has 16 heavy (non-hydrogen) atoms. The molecule has 0 aromatic heterocycles. The van der Waals surface area contributed by atoms with Gasteiger partial charge in [-0.2, -0.15) is 0 Å². The van der Waals surface area contributed by atoms with Gasteiger partial charge in [-0.15, -0.1) is 0 Å². The number of rotatable bonds is 1. The molecule has 86 valence electrons. The number of nitrogens with one attached hydrogen (secondary N) is 3. The van der Waals surface area contributed by atoms with Gasteiger partial charge in [-0.25, -0.2) is 0 Å². The second kappa shape index (κ2) is 4.58. The molecule has 2 saturated heterocycles. The van der Waals surface area contributed by atoms with Gasteiger partial charge in [0, 0.05) is 32.4 Å². The largest absolute Gasteiger partial charge is 0.374 e. The van der Waals surface area contributed by atoms with Gasteiger partial charge in [-0.1, -0.05) is 0 Å². The number of carbonyl (C=O) groups excluding carboxylic acids is 2. The molecule has 0 aromatic rings. The van der Waals surface area contributed by atoms with Crippen molar-refractivity contribution in [1.29, 1.82) is 0 Å². The van der Waals surface area contributed by atoms with Crippen molar-refractivity contribution in [3.8, 4) is 0 Å². The zero-order valence-corrected chi connectivity index (χ0v) is 9.39. The van der Waals surface area contributed by atoms with Crippen molar-refractivity contribution in [2.75, 3.05) is 26.2 Å². The van der Waals surface area contributed by atoms with Crippen LogP contribution in [0, 0.1) is 0 Å². The standard InChI is InChI=1S/C9H12N4O2S/c14-7-6(8(15)12-9(16)11-7)5-13-3-1-10-2-4-13/h5,10H,1-4H2,(H2,11,12,14,15,16). The van der Waals surface area contributed by atoms with Crippen LogP contribution in [0.25, 0.3) is 0 Å². The molecule has 0 saturated carbocycles. The van der Waals surface area contributed by atoms with Gasteiger partial charge in [0.25, 0.3) is 11.8 Å². The lowest BCUT2D eigenvalue weighted by Crippen LogP contribution is -2.52. The monoisotopic (exact) mass is 240 g/mol. The summed E-state index contributed by atoms with van der Waals surface area (Å²) in [6.45, 7) is 3.28. The SMILES string of the molecule is O=C1NC(=S)NC(=O)C1=CN1CCNCC1. The average Bonchev–Trinajstić information content (AvgIpc) is 2.25. The van der Waals surface area contributed by atoms with Crippen LogP contribution in [0.4, 0.5) is 0 Å². The molecule has 2 aliphatic rings. The summed E-state index contributed by atoms with van der Waals surface area (Å²) in [5.74, 6) is -0.875. The Hall–Kier alpha value is -1.47. The van der Waals surface area contributed by atoms with E-state index in [2.05, 4.69) is 16.0 Å². The molecule has 2 fully saturated rings. The molecule has 0 atom stereocenters. The molecule has 2 heterocycles. The first-order valence-electron chi connectivity index (χ1n) is 5.00. The Balaban J connectivity index is 2.11. The van der Waals surface area contributed by atoms with E-state index in [1.807, 2.05) is 4.90 Å². The summed E-state index contributed by atoms with van der Waals surface area (Å²) in [6, 6.07) is 0. The Bertz CT molecular complexity index is 352. The molecule has 3 N–H and O–H groups in total. The zero-order valence-electron chi connectivity index (χ0n) is 8.58. The minimum absolute atomic E-state index is 0.0625. The van der Waals surface area contributed by atoms with Crippen molar-refractivity contribution in [3.05, 3.63) is 11.8 Å². The lowest BCUT2D eigenvalue weighted by Gasteiger charge is -2.27. The molecular weight excluding hydrogens is 228 g/mol. The molecule has 0 bridgehead atoms. The third-order valence-electron chi connectivity index (χ3n) is 2.41. The van der Waals surface area contributed by atoms with Crippen LogP contribution in [0.1, 0.15) is 0 Å². The van der Waals surface area contributed by atoms with E-state index in [-0.39, 0.29) is 10.7 Å². The first-order valence-corrected chi connectivity index (χ1v) is 5.41. The van der Waals surface area contributed by atoms with Gasteiger partial charge in [-0.3, -0.25) is 20.2 Å². The third-order valence-corrected chi connectivity index (χ3v) is 2.61. The van der Waals surface area contributed by atoms with E-state index >= 15 is 0 Å². The maximum Gasteiger partial charge on any atom is 0.264 e. The van der Waals surface area contributed by atoms with E-state index in [1.165, 1.54) is 0 Å². The van der Waals surface area contributed by atoms with Crippen molar-refractivity contribution in [2.45, 2.75) is 0 Å². The summed E-state index contributed by atoms with van der Waals surface area (Å²) in [4.78, 5) is 25.0. The van der Waals surface area contributed by atoms with Crippen LogP contribution in [0.3, 0.4) is 0 Å². The highest BCUT2D eigenvalue weighted by molar-refractivity contribution is 7.80. The van der Waals surface area contributed by atoms with Gasteiger partial charge in [0.15, 0.2) is 5.11 Å². The quantitative estimate of drug-likeness (QED) is 0.290. The second-order valence-corrected chi connectivity index (χ2v) is 3.97. The fourth-order valence-electron chi connectivity index (χ4n) is 1.59. The normalized spacial score (nSPS) is 21.6. The Labute approximate surface area is 98.0 Å². The van der Waals surface area contributed by atoms with E-state index in [4.69, 9.17) is 12.2 Å². The topological polar surface area (TPSA) is 73.5 Å². The number of nitrogens with zero attached hydrogens (tertiary/aromatic N) is 1. The molecule has 0 radical (unpaired) electrons. The highest BCUT2D eigenvalue weighted by Gasteiger charge is 2.26. The summed E-state index contributed by atoms with van der Waals surface area (Å²) in [5.41, 5.74) is 0.107. The van der Waals surface area contributed by atoms with E-state index < -0.39 is 11.8 Å². The Morgan fingerprint density at radius 2 is 1.69 bits per heavy atom. The first-order chi connectivity index (χ1) is 7.66. The molecule has 0 unspecified atom stereocenters. The fourth-order valence-corrected chi connectivity index (χ4v) is 1.77. The lowest BCUT2D eigenvalue weighted by molar-refractivity contribution is -0.123. The Kier molecular flexibility index (Phi) is 3.16. The molecule has 2 amide bonds. The van der Waals surface area contributed by atoms with Crippen LogP contribution in [0.5, 0.6) is 0 Å². The van der Waals surface area contributed by atoms with Crippen LogP contribution in [0.2, 0.25) is 0 Å². The first kappa shape index (κ1) is 11.0. The number of amides is 2. The zero-order chi connectivity index (χ0) is 11.5. The van der Waals surface area contributed by atoms with Gasteiger partial charge in [0.05, 0.1) is 0 Å². The lowest BCUT2D eigenvalue weighted by atomic mass is 10.2. The van der Waals surface area contributed by atoms with E-state index in [0.29, 0.717) is 0 Å². The molecule has 0 spiro atoms.